The summed E-state index contributed by atoms with van der Waals surface area (Å²) in [6.45, 7) is 4.80. The van der Waals surface area contributed by atoms with Crippen LogP contribution in [0.3, 0.4) is 0 Å². The van der Waals surface area contributed by atoms with Crippen LogP contribution in [-0.2, 0) is 21.4 Å². The first-order valence-corrected chi connectivity index (χ1v) is 8.02. The molecule has 2 aliphatic rings. The molecular formula is C16H21N5O3. The lowest BCUT2D eigenvalue weighted by molar-refractivity contribution is -0.141. The van der Waals surface area contributed by atoms with Crippen LogP contribution >= 0.6 is 0 Å². The third-order valence-corrected chi connectivity index (χ3v) is 4.57. The van der Waals surface area contributed by atoms with Gasteiger partial charge in [-0.3, -0.25) is 24.0 Å². The van der Waals surface area contributed by atoms with Gasteiger partial charge in [-0.25, -0.2) is 0 Å². The first-order chi connectivity index (χ1) is 11.5. The standard InChI is InChI=1S/C16H21N5O3/c1-3-14(22)20-9-11(10-20)15(23)18-12-5-4-8-21(16(12)24)13-6-7-17-19(13)2/h3,6-7,11-12H,1,4-5,8-10H2,2H3,(H,18,23). The molecule has 1 aromatic rings. The zero-order valence-electron chi connectivity index (χ0n) is 13.6. The molecule has 0 saturated carbocycles. The number of amides is 3. The molecule has 3 amide bonds. The molecule has 0 aliphatic carbocycles. The van der Waals surface area contributed by atoms with Crippen LogP contribution in [0.2, 0.25) is 0 Å². The van der Waals surface area contributed by atoms with Crippen LogP contribution in [0.4, 0.5) is 5.82 Å². The van der Waals surface area contributed by atoms with E-state index >= 15 is 0 Å². The Morgan fingerprint density at radius 1 is 1.42 bits per heavy atom. The SMILES string of the molecule is C=CC(=O)N1CC(C(=O)NC2CCCN(c3ccnn3C)C2=O)C1. The summed E-state index contributed by atoms with van der Waals surface area (Å²) in [5.41, 5.74) is 0. The van der Waals surface area contributed by atoms with Gasteiger partial charge < -0.3 is 10.2 Å². The minimum atomic E-state index is -0.523. The highest BCUT2D eigenvalue weighted by molar-refractivity contribution is 6.00. The Morgan fingerprint density at radius 3 is 2.79 bits per heavy atom. The molecule has 8 heteroatoms. The molecule has 1 unspecified atom stereocenters. The third kappa shape index (κ3) is 2.91. The fourth-order valence-corrected chi connectivity index (χ4v) is 3.11. The monoisotopic (exact) mass is 331 g/mol. The summed E-state index contributed by atoms with van der Waals surface area (Å²) < 4.78 is 1.65. The lowest BCUT2D eigenvalue weighted by Crippen LogP contribution is -2.59. The number of hydrogen-bond donors (Lipinski definition) is 1. The van der Waals surface area contributed by atoms with E-state index in [1.165, 1.54) is 6.08 Å². The molecule has 2 aliphatic heterocycles. The Kier molecular flexibility index (Phi) is 4.37. The fourth-order valence-electron chi connectivity index (χ4n) is 3.11. The molecule has 3 heterocycles. The largest absolute Gasteiger partial charge is 0.344 e. The van der Waals surface area contributed by atoms with Crippen molar-refractivity contribution in [2.24, 2.45) is 13.0 Å². The van der Waals surface area contributed by atoms with E-state index in [9.17, 15) is 14.4 Å². The van der Waals surface area contributed by atoms with Crippen LogP contribution in [0.25, 0.3) is 0 Å². The normalized spacial score (nSPS) is 21.4. The van der Waals surface area contributed by atoms with Crippen LogP contribution in [0.1, 0.15) is 12.8 Å². The molecule has 2 fully saturated rings. The summed E-state index contributed by atoms with van der Waals surface area (Å²) in [4.78, 5) is 39.6. The Morgan fingerprint density at radius 2 is 2.17 bits per heavy atom. The lowest BCUT2D eigenvalue weighted by Gasteiger charge is -2.39. The molecule has 3 rings (SSSR count). The van der Waals surface area contributed by atoms with Crippen molar-refractivity contribution in [3.8, 4) is 0 Å². The second-order valence-electron chi connectivity index (χ2n) is 6.15. The molecule has 8 nitrogen and oxygen atoms in total. The Bertz CT molecular complexity index is 677. The van der Waals surface area contributed by atoms with E-state index in [0.29, 0.717) is 26.1 Å². The molecule has 1 aromatic heterocycles. The first-order valence-electron chi connectivity index (χ1n) is 8.02. The molecule has 0 spiro atoms. The van der Waals surface area contributed by atoms with Crippen LogP contribution in [0, 0.1) is 5.92 Å². The van der Waals surface area contributed by atoms with Gasteiger partial charge in [0, 0.05) is 32.7 Å². The van der Waals surface area contributed by atoms with Gasteiger partial charge in [0.25, 0.3) is 5.91 Å². The van der Waals surface area contributed by atoms with Crippen LogP contribution in [0.5, 0.6) is 0 Å². The number of hydrogen-bond acceptors (Lipinski definition) is 4. The van der Waals surface area contributed by atoms with E-state index in [0.717, 1.165) is 12.2 Å². The van der Waals surface area contributed by atoms with E-state index in [-0.39, 0.29) is 23.6 Å². The number of aromatic nitrogens is 2. The number of nitrogens with one attached hydrogen (secondary N) is 1. The second kappa shape index (κ2) is 6.46. The number of aryl methyl sites for hydroxylation is 1. The topological polar surface area (TPSA) is 87.5 Å². The van der Waals surface area contributed by atoms with Gasteiger partial charge in [0.1, 0.15) is 11.9 Å². The quantitative estimate of drug-likeness (QED) is 0.766. The predicted molar refractivity (Wildman–Crippen MR) is 87.0 cm³/mol. The van der Waals surface area contributed by atoms with Gasteiger partial charge >= 0.3 is 0 Å². The number of rotatable bonds is 4. The summed E-state index contributed by atoms with van der Waals surface area (Å²) in [5.74, 6) is 0.0131. The summed E-state index contributed by atoms with van der Waals surface area (Å²) >= 11 is 0. The highest BCUT2D eigenvalue weighted by atomic mass is 16.2. The van der Waals surface area contributed by atoms with Gasteiger partial charge in [-0.05, 0) is 18.9 Å². The average molecular weight is 331 g/mol. The smallest absolute Gasteiger partial charge is 0.250 e. The van der Waals surface area contributed by atoms with Crippen molar-refractivity contribution >= 4 is 23.5 Å². The van der Waals surface area contributed by atoms with Crippen LogP contribution in [-0.4, -0.2) is 58.1 Å². The molecule has 1 N–H and O–H groups in total. The van der Waals surface area contributed by atoms with Gasteiger partial charge in [-0.2, -0.15) is 5.10 Å². The van der Waals surface area contributed by atoms with Crippen molar-refractivity contribution in [2.75, 3.05) is 24.5 Å². The average Bonchev–Trinajstić information content (AvgIpc) is 2.93. The molecular weight excluding hydrogens is 310 g/mol. The van der Waals surface area contributed by atoms with Gasteiger partial charge in [0.15, 0.2) is 0 Å². The number of likely N-dealkylation sites (tertiary alicyclic amines) is 1. The van der Waals surface area contributed by atoms with Gasteiger partial charge in [-0.15, -0.1) is 0 Å². The minimum absolute atomic E-state index is 0.114. The first kappa shape index (κ1) is 16.2. The maximum Gasteiger partial charge on any atom is 0.250 e. The van der Waals surface area contributed by atoms with Crippen molar-refractivity contribution in [3.63, 3.8) is 0 Å². The fraction of sp³-hybridized carbons (Fsp3) is 0.500. The van der Waals surface area contributed by atoms with Gasteiger partial charge in [0.2, 0.25) is 11.8 Å². The number of nitrogens with zero attached hydrogens (tertiary/aromatic N) is 4. The Labute approximate surface area is 140 Å². The molecule has 128 valence electrons. The molecule has 1 atom stereocenters. The van der Waals surface area contributed by atoms with Crippen molar-refractivity contribution in [1.29, 1.82) is 0 Å². The lowest BCUT2D eigenvalue weighted by atomic mass is 9.97. The summed E-state index contributed by atoms with van der Waals surface area (Å²) in [6.07, 6.45) is 4.32. The van der Waals surface area contributed by atoms with E-state index in [2.05, 4.69) is 17.0 Å². The zero-order chi connectivity index (χ0) is 17.3. The van der Waals surface area contributed by atoms with Gasteiger partial charge in [-0.1, -0.05) is 6.58 Å². The number of piperidine rings is 1. The third-order valence-electron chi connectivity index (χ3n) is 4.57. The number of carbonyl (C=O) groups is 3. The van der Waals surface area contributed by atoms with E-state index in [1.54, 1.807) is 33.8 Å². The van der Waals surface area contributed by atoms with E-state index in [1.807, 2.05) is 0 Å². The van der Waals surface area contributed by atoms with Crippen molar-refractivity contribution < 1.29 is 14.4 Å². The summed E-state index contributed by atoms with van der Waals surface area (Å²) in [5, 5.41) is 6.92. The maximum atomic E-state index is 12.7. The molecule has 2 saturated heterocycles. The summed E-state index contributed by atoms with van der Waals surface area (Å²) in [7, 11) is 1.78. The number of anilines is 1. The van der Waals surface area contributed by atoms with Gasteiger partial charge in [0.05, 0.1) is 12.1 Å². The van der Waals surface area contributed by atoms with Crippen molar-refractivity contribution in [1.82, 2.24) is 20.0 Å². The molecule has 0 radical (unpaired) electrons. The predicted octanol–water partition coefficient (Wildman–Crippen LogP) is -0.324. The van der Waals surface area contributed by atoms with E-state index < -0.39 is 6.04 Å². The Balaban J connectivity index is 1.58. The maximum absolute atomic E-state index is 12.7. The van der Waals surface area contributed by atoms with Crippen molar-refractivity contribution in [2.45, 2.75) is 18.9 Å². The van der Waals surface area contributed by atoms with Crippen LogP contribution in [0.15, 0.2) is 24.9 Å². The summed E-state index contributed by atoms with van der Waals surface area (Å²) in [6, 6.07) is 1.26. The molecule has 0 aromatic carbocycles. The second-order valence-corrected chi connectivity index (χ2v) is 6.15. The molecule has 24 heavy (non-hydrogen) atoms. The van der Waals surface area contributed by atoms with Crippen LogP contribution < -0.4 is 10.2 Å². The Hall–Kier alpha value is -2.64. The molecule has 0 bridgehead atoms. The van der Waals surface area contributed by atoms with E-state index in [4.69, 9.17) is 0 Å². The highest BCUT2D eigenvalue weighted by Gasteiger charge is 2.38. The zero-order valence-corrected chi connectivity index (χ0v) is 13.6. The highest BCUT2D eigenvalue weighted by Crippen LogP contribution is 2.21. The number of carbonyl (C=O) groups excluding carboxylic acids is 3. The minimum Gasteiger partial charge on any atom is -0.344 e. The van der Waals surface area contributed by atoms with Crippen molar-refractivity contribution in [3.05, 3.63) is 24.9 Å².